The minimum atomic E-state index is 0.221. The molecule has 0 N–H and O–H groups in total. The van der Waals surface area contributed by atoms with Gasteiger partial charge in [-0.25, -0.2) is 0 Å². The van der Waals surface area contributed by atoms with Crippen LogP contribution in [0.5, 0.6) is 11.6 Å². The minimum absolute atomic E-state index is 0.221. The van der Waals surface area contributed by atoms with Crippen molar-refractivity contribution in [2.45, 2.75) is 51.4 Å². The average molecular weight is 489 g/mol. The van der Waals surface area contributed by atoms with Crippen LogP contribution in [0, 0.1) is 0 Å². The summed E-state index contributed by atoms with van der Waals surface area (Å²) in [6.07, 6.45) is 4.48. The fraction of sp³-hybridized carbons (Fsp3) is 0.448. The monoisotopic (exact) mass is 488 g/mol. The molecule has 7 nitrogen and oxygen atoms in total. The molecular weight excluding hydrogens is 452 g/mol. The van der Waals surface area contributed by atoms with E-state index in [-0.39, 0.29) is 6.10 Å². The number of ether oxygens (including phenoxy) is 3. The molecule has 2 fully saturated rings. The van der Waals surface area contributed by atoms with Crippen molar-refractivity contribution in [3.63, 3.8) is 0 Å². The third-order valence-electron chi connectivity index (χ3n) is 7.09. The summed E-state index contributed by atoms with van der Waals surface area (Å²) in [5.41, 5.74) is 2.42. The summed E-state index contributed by atoms with van der Waals surface area (Å²) in [6, 6.07) is 21.0. The van der Waals surface area contributed by atoms with Crippen molar-refractivity contribution in [3.05, 3.63) is 71.8 Å². The van der Waals surface area contributed by atoms with E-state index in [1.54, 1.807) is 7.11 Å². The van der Waals surface area contributed by atoms with E-state index in [1.807, 2.05) is 30.3 Å². The molecular formula is C29H36N4O3. The van der Waals surface area contributed by atoms with Crippen molar-refractivity contribution in [3.8, 4) is 11.6 Å². The molecule has 2 aliphatic rings. The molecule has 0 bridgehead atoms. The SMILES string of the molecule is CC[C@@H]1CN(c2cc(OCc3ccc(OC)cc3)nc(N3CCCC3Cc3ccccc3)n2)CCO1. The van der Waals surface area contributed by atoms with E-state index in [2.05, 4.69) is 47.1 Å². The number of anilines is 2. The predicted molar refractivity (Wildman–Crippen MR) is 142 cm³/mol. The number of morpholine rings is 1. The molecule has 0 amide bonds. The van der Waals surface area contributed by atoms with E-state index >= 15 is 0 Å². The van der Waals surface area contributed by atoms with Crippen LogP contribution in [0.25, 0.3) is 0 Å². The van der Waals surface area contributed by atoms with E-state index in [1.165, 1.54) is 5.56 Å². The van der Waals surface area contributed by atoms with Gasteiger partial charge in [0, 0.05) is 31.7 Å². The van der Waals surface area contributed by atoms with Crippen molar-refractivity contribution >= 4 is 11.8 Å². The Hall–Kier alpha value is -3.32. The molecule has 1 unspecified atom stereocenters. The normalized spacial score (nSPS) is 19.9. The Morgan fingerprint density at radius 3 is 2.61 bits per heavy atom. The zero-order valence-electron chi connectivity index (χ0n) is 21.3. The van der Waals surface area contributed by atoms with Gasteiger partial charge in [0.05, 0.1) is 19.8 Å². The lowest BCUT2D eigenvalue weighted by Crippen LogP contribution is -2.43. The van der Waals surface area contributed by atoms with Gasteiger partial charge in [-0.2, -0.15) is 9.97 Å². The third kappa shape index (κ3) is 5.90. The maximum Gasteiger partial charge on any atom is 0.230 e. The van der Waals surface area contributed by atoms with Gasteiger partial charge in [-0.15, -0.1) is 0 Å². The first-order chi connectivity index (χ1) is 17.7. The zero-order chi connectivity index (χ0) is 24.7. The molecule has 2 aliphatic heterocycles. The molecule has 1 aromatic heterocycles. The second kappa shape index (κ2) is 11.6. The first-order valence-electron chi connectivity index (χ1n) is 13.0. The van der Waals surface area contributed by atoms with E-state index in [9.17, 15) is 0 Å². The van der Waals surface area contributed by atoms with Crippen LogP contribution in [0.2, 0.25) is 0 Å². The molecule has 0 radical (unpaired) electrons. The first-order valence-corrected chi connectivity index (χ1v) is 13.0. The Bertz CT molecular complexity index is 1110. The number of methoxy groups -OCH3 is 1. The Morgan fingerprint density at radius 1 is 1.00 bits per heavy atom. The van der Waals surface area contributed by atoms with Crippen molar-refractivity contribution in [2.24, 2.45) is 0 Å². The summed E-state index contributed by atoms with van der Waals surface area (Å²) >= 11 is 0. The Balaban J connectivity index is 1.40. The van der Waals surface area contributed by atoms with Crippen LogP contribution in [-0.4, -0.2) is 55.5 Å². The van der Waals surface area contributed by atoms with Gasteiger partial charge in [0.25, 0.3) is 0 Å². The van der Waals surface area contributed by atoms with Gasteiger partial charge >= 0.3 is 0 Å². The molecule has 3 heterocycles. The van der Waals surface area contributed by atoms with Gasteiger partial charge < -0.3 is 24.0 Å². The van der Waals surface area contributed by atoms with Crippen molar-refractivity contribution < 1.29 is 14.2 Å². The van der Waals surface area contributed by atoms with E-state index in [0.717, 1.165) is 68.4 Å². The predicted octanol–water partition coefficient (Wildman–Crippen LogP) is 4.89. The van der Waals surface area contributed by atoms with Crippen LogP contribution in [0.4, 0.5) is 11.8 Å². The second-order valence-corrected chi connectivity index (χ2v) is 9.53. The van der Waals surface area contributed by atoms with Gasteiger partial charge in [0.1, 0.15) is 18.2 Å². The highest BCUT2D eigenvalue weighted by Crippen LogP contribution is 2.30. The van der Waals surface area contributed by atoms with Crippen molar-refractivity contribution in [1.29, 1.82) is 0 Å². The molecule has 190 valence electrons. The summed E-state index contributed by atoms with van der Waals surface area (Å²) in [4.78, 5) is 14.6. The molecule has 36 heavy (non-hydrogen) atoms. The Kier molecular flexibility index (Phi) is 7.86. The van der Waals surface area contributed by atoms with Gasteiger partial charge in [0.15, 0.2) is 0 Å². The maximum atomic E-state index is 6.23. The lowest BCUT2D eigenvalue weighted by atomic mass is 10.0. The molecule has 2 saturated heterocycles. The quantitative estimate of drug-likeness (QED) is 0.425. The number of nitrogens with zero attached hydrogens (tertiary/aromatic N) is 4. The highest BCUT2D eigenvalue weighted by molar-refractivity contribution is 5.49. The minimum Gasteiger partial charge on any atom is -0.497 e. The number of hydrogen-bond acceptors (Lipinski definition) is 7. The summed E-state index contributed by atoms with van der Waals surface area (Å²) in [5.74, 6) is 3.12. The van der Waals surface area contributed by atoms with Crippen LogP contribution in [0.1, 0.15) is 37.3 Å². The van der Waals surface area contributed by atoms with Crippen LogP contribution >= 0.6 is 0 Å². The van der Waals surface area contributed by atoms with E-state index < -0.39 is 0 Å². The number of hydrogen-bond donors (Lipinski definition) is 0. The van der Waals surface area contributed by atoms with Crippen molar-refractivity contribution in [2.75, 3.05) is 43.2 Å². The standard InChI is InChI=1S/C29H36N4O3/c1-3-25-20-32(16-17-35-25)27-19-28(36-21-23-11-13-26(34-2)14-12-23)31-29(30-27)33-15-7-10-24(33)18-22-8-5-4-6-9-22/h4-6,8-9,11-14,19,24-25H,3,7,10,15-18,20-21H2,1-2H3/t24?,25-/m1/s1. The van der Waals surface area contributed by atoms with Crippen LogP contribution in [-0.2, 0) is 17.8 Å². The Morgan fingerprint density at radius 2 is 1.83 bits per heavy atom. The molecule has 7 heteroatoms. The number of aromatic nitrogens is 2. The van der Waals surface area contributed by atoms with Gasteiger partial charge in [0.2, 0.25) is 11.8 Å². The smallest absolute Gasteiger partial charge is 0.230 e. The molecule has 0 aliphatic carbocycles. The maximum absolute atomic E-state index is 6.23. The molecule has 2 atom stereocenters. The van der Waals surface area contributed by atoms with Crippen LogP contribution in [0.3, 0.4) is 0 Å². The summed E-state index contributed by atoms with van der Waals surface area (Å²) in [5, 5.41) is 0. The molecule has 2 aromatic carbocycles. The summed E-state index contributed by atoms with van der Waals surface area (Å²) < 4.78 is 17.4. The van der Waals surface area contributed by atoms with E-state index in [4.69, 9.17) is 24.2 Å². The summed E-state index contributed by atoms with van der Waals surface area (Å²) in [6.45, 7) is 5.92. The molecule has 0 saturated carbocycles. The fourth-order valence-corrected chi connectivity index (χ4v) is 5.02. The lowest BCUT2D eigenvalue weighted by molar-refractivity contribution is 0.0381. The highest BCUT2D eigenvalue weighted by atomic mass is 16.5. The summed E-state index contributed by atoms with van der Waals surface area (Å²) in [7, 11) is 1.67. The topological polar surface area (TPSA) is 60.0 Å². The highest BCUT2D eigenvalue weighted by Gasteiger charge is 2.29. The van der Waals surface area contributed by atoms with E-state index in [0.29, 0.717) is 25.1 Å². The zero-order valence-corrected chi connectivity index (χ0v) is 21.3. The number of benzene rings is 2. The first kappa shape index (κ1) is 24.4. The fourth-order valence-electron chi connectivity index (χ4n) is 5.02. The third-order valence-corrected chi connectivity index (χ3v) is 7.09. The van der Waals surface area contributed by atoms with Gasteiger partial charge in [-0.3, -0.25) is 0 Å². The van der Waals surface area contributed by atoms with Crippen LogP contribution < -0.4 is 19.3 Å². The van der Waals surface area contributed by atoms with Crippen LogP contribution in [0.15, 0.2) is 60.7 Å². The second-order valence-electron chi connectivity index (χ2n) is 9.53. The van der Waals surface area contributed by atoms with Gasteiger partial charge in [-0.1, -0.05) is 49.4 Å². The van der Waals surface area contributed by atoms with Gasteiger partial charge in [-0.05, 0) is 48.9 Å². The average Bonchev–Trinajstić information content (AvgIpc) is 3.40. The largest absolute Gasteiger partial charge is 0.497 e. The number of rotatable bonds is 9. The Labute approximate surface area is 214 Å². The molecule has 3 aromatic rings. The van der Waals surface area contributed by atoms with Crippen molar-refractivity contribution in [1.82, 2.24) is 9.97 Å². The molecule has 5 rings (SSSR count). The lowest BCUT2D eigenvalue weighted by Gasteiger charge is -2.34. The molecule has 0 spiro atoms.